The predicted octanol–water partition coefficient (Wildman–Crippen LogP) is 5.94. The van der Waals surface area contributed by atoms with Gasteiger partial charge in [0.15, 0.2) is 11.2 Å². The molecule has 5 aromatic rings. The molecule has 0 aliphatic heterocycles. The molecule has 9 heteroatoms. The summed E-state index contributed by atoms with van der Waals surface area (Å²) in [5, 5.41) is 5.05. The second-order valence-electron chi connectivity index (χ2n) is 8.24. The number of fused-ring (bicyclic) bond motifs is 1. The van der Waals surface area contributed by atoms with Crippen LogP contribution in [0.1, 0.15) is 23.7 Å². The van der Waals surface area contributed by atoms with Crippen LogP contribution in [0.2, 0.25) is 0 Å². The number of H-pyrrole nitrogens is 1. The van der Waals surface area contributed by atoms with Gasteiger partial charge in [-0.25, -0.2) is 14.8 Å². The molecule has 2 N–H and O–H groups in total. The summed E-state index contributed by atoms with van der Waals surface area (Å²) < 4.78 is 10.7. The normalized spacial score (nSPS) is 11.7. The van der Waals surface area contributed by atoms with Crippen molar-refractivity contribution < 1.29 is 19.1 Å². The first-order chi connectivity index (χ1) is 18.0. The molecule has 1 atom stereocenters. The number of aromatic amines is 1. The largest absolute Gasteiger partial charge is 0.497 e. The predicted molar refractivity (Wildman–Crippen MR) is 144 cm³/mol. The third-order valence-corrected chi connectivity index (χ3v) is 6.56. The molecule has 0 fully saturated rings. The molecule has 3 aromatic carbocycles. The number of anilines is 1. The van der Waals surface area contributed by atoms with E-state index in [-0.39, 0.29) is 0 Å². The molecule has 0 saturated heterocycles. The van der Waals surface area contributed by atoms with Crippen molar-refractivity contribution in [1.82, 2.24) is 15.0 Å². The zero-order valence-corrected chi connectivity index (χ0v) is 21.0. The van der Waals surface area contributed by atoms with E-state index in [1.54, 1.807) is 32.2 Å². The third kappa shape index (κ3) is 5.36. The lowest BCUT2D eigenvalue weighted by Gasteiger charge is -2.15. The van der Waals surface area contributed by atoms with Gasteiger partial charge in [-0.05, 0) is 48.9 Å². The maximum Gasteiger partial charge on any atom is 0.338 e. The Kier molecular flexibility index (Phi) is 6.96. The molecule has 8 nitrogen and oxygen atoms in total. The second kappa shape index (κ2) is 10.6. The Labute approximate surface area is 217 Å². The average molecular weight is 513 g/mol. The number of carbonyl (C=O) groups is 2. The maximum absolute atomic E-state index is 12.9. The highest BCUT2D eigenvalue weighted by molar-refractivity contribution is 7.14. The molecule has 0 spiro atoms. The molecule has 5 rings (SSSR count). The van der Waals surface area contributed by atoms with Crippen molar-refractivity contribution >= 4 is 39.4 Å². The van der Waals surface area contributed by atoms with Gasteiger partial charge < -0.3 is 14.5 Å². The summed E-state index contributed by atoms with van der Waals surface area (Å²) in [6, 6.07) is 22.3. The summed E-state index contributed by atoms with van der Waals surface area (Å²) in [6.07, 6.45) is -0.642. The molecular formula is C28H24N4O4S. The fraction of sp³-hybridized carbons (Fsp3) is 0.143. The lowest BCUT2D eigenvalue weighted by molar-refractivity contribution is -0.124. The number of thiazole rings is 1. The fourth-order valence-corrected chi connectivity index (χ4v) is 4.52. The Hall–Kier alpha value is -4.50. The van der Waals surface area contributed by atoms with E-state index in [9.17, 15) is 9.59 Å². The summed E-state index contributed by atoms with van der Waals surface area (Å²) in [4.78, 5) is 38.0. The number of methoxy groups -OCH3 is 1. The first kappa shape index (κ1) is 24.2. The molecule has 0 bridgehead atoms. The van der Waals surface area contributed by atoms with E-state index in [1.807, 2.05) is 60.0 Å². The van der Waals surface area contributed by atoms with Gasteiger partial charge in [0.25, 0.3) is 5.91 Å². The highest BCUT2D eigenvalue weighted by Gasteiger charge is 2.23. The van der Waals surface area contributed by atoms with Crippen LogP contribution in [0.15, 0.2) is 78.2 Å². The number of hydrogen-bond donors (Lipinski definition) is 2. The minimum atomic E-state index is -0.960. The molecule has 1 unspecified atom stereocenters. The molecule has 2 heterocycles. The Bertz CT molecular complexity index is 1540. The van der Waals surface area contributed by atoms with Crippen molar-refractivity contribution in [1.29, 1.82) is 0 Å². The third-order valence-electron chi connectivity index (χ3n) is 5.80. The molecule has 186 valence electrons. The highest BCUT2D eigenvalue weighted by atomic mass is 32.1. The number of ether oxygens (including phenoxy) is 2. The number of nitrogens with zero attached hydrogens (tertiary/aromatic N) is 2. The zero-order valence-electron chi connectivity index (χ0n) is 20.2. The van der Waals surface area contributed by atoms with Gasteiger partial charge in [0.1, 0.15) is 11.6 Å². The van der Waals surface area contributed by atoms with Crippen LogP contribution >= 0.6 is 11.3 Å². The lowest BCUT2D eigenvalue weighted by Crippen LogP contribution is -2.32. The average Bonchev–Trinajstić information content (AvgIpc) is 3.59. The Morgan fingerprint density at radius 1 is 1.00 bits per heavy atom. The molecule has 1 amide bonds. The topological polar surface area (TPSA) is 106 Å². The Morgan fingerprint density at radius 3 is 2.51 bits per heavy atom. The number of aromatic nitrogens is 3. The first-order valence-corrected chi connectivity index (χ1v) is 12.6. The Balaban J connectivity index is 1.25. The second-order valence-corrected chi connectivity index (χ2v) is 9.10. The van der Waals surface area contributed by atoms with Crippen LogP contribution in [0, 0.1) is 0 Å². The number of nitrogens with one attached hydrogen (secondary N) is 2. The van der Waals surface area contributed by atoms with Gasteiger partial charge >= 0.3 is 5.97 Å². The van der Waals surface area contributed by atoms with Crippen molar-refractivity contribution in [2.45, 2.75) is 19.4 Å². The zero-order chi connectivity index (χ0) is 25.8. The van der Waals surface area contributed by atoms with E-state index in [0.29, 0.717) is 28.5 Å². The van der Waals surface area contributed by atoms with Crippen molar-refractivity contribution in [3.63, 3.8) is 0 Å². The minimum absolute atomic E-state index is 0.318. The van der Waals surface area contributed by atoms with E-state index < -0.39 is 18.0 Å². The van der Waals surface area contributed by atoms with Gasteiger partial charge in [0.2, 0.25) is 0 Å². The molecule has 0 radical (unpaired) electrons. The summed E-state index contributed by atoms with van der Waals surface area (Å²) in [5.41, 5.74) is 4.36. The summed E-state index contributed by atoms with van der Waals surface area (Å²) in [5.74, 6) is 0.450. The number of amides is 1. The highest BCUT2D eigenvalue weighted by Crippen LogP contribution is 2.27. The maximum atomic E-state index is 12.9. The van der Waals surface area contributed by atoms with Crippen molar-refractivity contribution in [2.75, 3.05) is 12.4 Å². The van der Waals surface area contributed by atoms with Gasteiger partial charge in [-0.2, -0.15) is 0 Å². The Morgan fingerprint density at radius 2 is 1.78 bits per heavy atom. The van der Waals surface area contributed by atoms with Crippen LogP contribution < -0.4 is 10.1 Å². The van der Waals surface area contributed by atoms with Crippen LogP contribution in [-0.4, -0.2) is 40.0 Å². The van der Waals surface area contributed by atoms with Crippen LogP contribution in [0.5, 0.6) is 5.75 Å². The smallest absolute Gasteiger partial charge is 0.338 e. The lowest BCUT2D eigenvalue weighted by atomic mass is 10.2. The van der Waals surface area contributed by atoms with Crippen molar-refractivity contribution in [3.05, 3.63) is 83.7 Å². The monoisotopic (exact) mass is 512 g/mol. The number of carbonyl (C=O) groups excluding carboxylic acids is 2. The molecule has 37 heavy (non-hydrogen) atoms. The van der Waals surface area contributed by atoms with Crippen molar-refractivity contribution in [2.24, 2.45) is 0 Å². The molecule has 0 aliphatic rings. The number of imidazole rings is 1. The summed E-state index contributed by atoms with van der Waals surface area (Å²) in [6.45, 7) is 1.78. The van der Waals surface area contributed by atoms with E-state index in [2.05, 4.69) is 20.3 Å². The minimum Gasteiger partial charge on any atom is -0.497 e. The van der Waals surface area contributed by atoms with E-state index in [1.165, 1.54) is 11.3 Å². The standard InChI is InChI=1S/C28H24N4O4S/c1-3-24(26(33)32-28-31-23(16-37-28)17-9-12-20(35-2)13-10-17)36-27(34)19-11-14-21-22(15-19)30-25(29-21)18-7-5-4-6-8-18/h4-16,24H,3H2,1-2H3,(H,29,30)(H,31,32,33). The molecule has 0 aliphatic carbocycles. The van der Waals surface area contributed by atoms with Crippen LogP contribution in [0.3, 0.4) is 0 Å². The number of rotatable bonds is 8. The van der Waals surface area contributed by atoms with E-state index >= 15 is 0 Å². The molecule has 0 saturated carbocycles. The van der Waals surface area contributed by atoms with E-state index in [0.717, 1.165) is 28.1 Å². The van der Waals surface area contributed by atoms with Gasteiger partial charge in [-0.15, -0.1) is 11.3 Å². The first-order valence-electron chi connectivity index (χ1n) is 11.7. The number of esters is 1. The van der Waals surface area contributed by atoms with E-state index in [4.69, 9.17) is 9.47 Å². The SMILES string of the molecule is CCC(OC(=O)c1ccc2nc(-c3ccccc3)[nH]c2c1)C(=O)Nc1nc(-c2ccc(OC)cc2)cs1. The summed E-state index contributed by atoms with van der Waals surface area (Å²) >= 11 is 1.30. The molecule has 2 aromatic heterocycles. The van der Waals surface area contributed by atoms with Crippen LogP contribution in [-0.2, 0) is 9.53 Å². The van der Waals surface area contributed by atoms with Gasteiger partial charge in [0, 0.05) is 16.5 Å². The van der Waals surface area contributed by atoms with Gasteiger partial charge in [0.05, 0.1) is 29.4 Å². The molecular weight excluding hydrogens is 488 g/mol. The van der Waals surface area contributed by atoms with Crippen LogP contribution in [0.4, 0.5) is 5.13 Å². The quantitative estimate of drug-likeness (QED) is 0.249. The number of benzene rings is 3. The fourth-order valence-electron chi connectivity index (χ4n) is 3.80. The van der Waals surface area contributed by atoms with Gasteiger partial charge in [-0.1, -0.05) is 37.3 Å². The summed E-state index contributed by atoms with van der Waals surface area (Å²) in [7, 11) is 1.61. The number of hydrogen-bond acceptors (Lipinski definition) is 7. The van der Waals surface area contributed by atoms with Crippen LogP contribution in [0.25, 0.3) is 33.7 Å². The van der Waals surface area contributed by atoms with Gasteiger partial charge in [-0.3, -0.25) is 10.1 Å². The van der Waals surface area contributed by atoms with Crippen molar-refractivity contribution in [3.8, 4) is 28.4 Å².